The summed E-state index contributed by atoms with van der Waals surface area (Å²) in [5.74, 6) is -0.0136. The van der Waals surface area contributed by atoms with E-state index in [1.54, 1.807) is 19.1 Å². The molecule has 130 valence electrons. The van der Waals surface area contributed by atoms with Gasteiger partial charge in [-0.2, -0.15) is 0 Å². The van der Waals surface area contributed by atoms with Crippen LogP contribution in [0.2, 0.25) is 0 Å². The van der Waals surface area contributed by atoms with Crippen LogP contribution in [0.25, 0.3) is 5.65 Å². The van der Waals surface area contributed by atoms with Gasteiger partial charge in [0.2, 0.25) is 5.91 Å². The predicted octanol–water partition coefficient (Wildman–Crippen LogP) is 3.79. The Morgan fingerprint density at radius 1 is 1.20 bits per heavy atom. The number of amides is 1. The van der Waals surface area contributed by atoms with E-state index in [-0.39, 0.29) is 11.7 Å². The quantitative estimate of drug-likeness (QED) is 0.696. The van der Waals surface area contributed by atoms with Crippen LogP contribution in [0.5, 0.6) is 5.75 Å². The minimum atomic E-state index is -0.112. The second-order valence-electron chi connectivity index (χ2n) is 6.33. The molecule has 2 heterocycles. The molecule has 5 nitrogen and oxygen atoms in total. The number of hydrogen-bond donors (Lipinski definition) is 2. The standard InChI is InChI=1S/C20H23N3O2/c1-4-20(25)22-17-8-6-15(12-18(17)24)5-7-16-14(3)23-10-9-13(2)11-19(23)21-16/h6,8-12,24H,4-5,7H2,1-3H3,(H,22,25). The number of nitrogens with one attached hydrogen (secondary N) is 1. The number of aromatic nitrogens is 2. The molecule has 0 bridgehead atoms. The maximum Gasteiger partial charge on any atom is 0.224 e. The van der Waals surface area contributed by atoms with E-state index in [1.165, 1.54) is 5.56 Å². The highest BCUT2D eigenvalue weighted by Crippen LogP contribution is 2.25. The van der Waals surface area contributed by atoms with E-state index in [9.17, 15) is 9.90 Å². The van der Waals surface area contributed by atoms with Gasteiger partial charge in [-0.3, -0.25) is 4.79 Å². The SMILES string of the molecule is CCC(=O)Nc1ccc(CCc2nc3cc(C)ccn3c2C)cc1O. The predicted molar refractivity (Wildman–Crippen MR) is 99.1 cm³/mol. The van der Waals surface area contributed by atoms with Crippen LogP contribution in [0, 0.1) is 13.8 Å². The third kappa shape index (κ3) is 3.65. The smallest absolute Gasteiger partial charge is 0.224 e. The zero-order valence-corrected chi connectivity index (χ0v) is 14.8. The number of aryl methyl sites for hydroxylation is 4. The highest BCUT2D eigenvalue weighted by Gasteiger charge is 2.10. The van der Waals surface area contributed by atoms with E-state index in [0.29, 0.717) is 12.1 Å². The number of anilines is 1. The second-order valence-corrected chi connectivity index (χ2v) is 6.33. The zero-order valence-electron chi connectivity index (χ0n) is 14.8. The van der Waals surface area contributed by atoms with Crippen molar-refractivity contribution in [3.8, 4) is 5.75 Å². The number of rotatable bonds is 5. The van der Waals surface area contributed by atoms with Gasteiger partial charge in [0, 0.05) is 18.3 Å². The van der Waals surface area contributed by atoms with E-state index < -0.39 is 0 Å². The molecule has 5 heteroatoms. The molecule has 0 radical (unpaired) electrons. The number of hydrogen-bond acceptors (Lipinski definition) is 3. The van der Waals surface area contributed by atoms with E-state index in [0.717, 1.165) is 35.4 Å². The molecule has 3 rings (SSSR count). The van der Waals surface area contributed by atoms with Crippen molar-refractivity contribution in [2.24, 2.45) is 0 Å². The number of phenolic OH excluding ortho intramolecular Hbond substituents is 1. The van der Waals surface area contributed by atoms with Crippen molar-refractivity contribution in [3.05, 3.63) is 59.0 Å². The summed E-state index contributed by atoms with van der Waals surface area (Å²) in [4.78, 5) is 16.2. The molecule has 3 aromatic rings. The first-order chi connectivity index (χ1) is 12.0. The number of carbonyl (C=O) groups excluding carboxylic acids is 1. The maximum atomic E-state index is 11.4. The van der Waals surface area contributed by atoms with Gasteiger partial charge in [-0.05, 0) is 62.1 Å². The van der Waals surface area contributed by atoms with Crippen LogP contribution in [0.15, 0.2) is 36.5 Å². The second kappa shape index (κ2) is 6.97. The zero-order chi connectivity index (χ0) is 18.0. The number of aromatic hydroxyl groups is 1. The topological polar surface area (TPSA) is 66.6 Å². The molecule has 25 heavy (non-hydrogen) atoms. The summed E-state index contributed by atoms with van der Waals surface area (Å²) < 4.78 is 2.10. The number of nitrogens with zero attached hydrogens (tertiary/aromatic N) is 2. The molecule has 0 aliphatic heterocycles. The lowest BCUT2D eigenvalue weighted by Gasteiger charge is -2.08. The number of benzene rings is 1. The summed E-state index contributed by atoms with van der Waals surface area (Å²) in [6.07, 6.45) is 4.01. The maximum absolute atomic E-state index is 11.4. The Kier molecular flexibility index (Phi) is 4.74. The van der Waals surface area contributed by atoms with Crippen molar-refractivity contribution in [1.29, 1.82) is 0 Å². The van der Waals surface area contributed by atoms with E-state index in [2.05, 4.69) is 35.7 Å². The fraction of sp³-hybridized carbons (Fsp3) is 0.300. The number of pyridine rings is 1. The highest BCUT2D eigenvalue weighted by atomic mass is 16.3. The minimum absolute atomic E-state index is 0.0987. The van der Waals surface area contributed by atoms with Crippen LogP contribution < -0.4 is 5.32 Å². The van der Waals surface area contributed by atoms with Gasteiger partial charge in [-0.25, -0.2) is 4.98 Å². The molecule has 2 aromatic heterocycles. The Balaban J connectivity index is 1.74. The van der Waals surface area contributed by atoms with Gasteiger partial charge < -0.3 is 14.8 Å². The molecular formula is C20H23N3O2. The third-order valence-corrected chi connectivity index (χ3v) is 4.43. The molecule has 0 unspecified atom stereocenters. The van der Waals surface area contributed by atoms with E-state index >= 15 is 0 Å². The molecule has 0 atom stereocenters. The van der Waals surface area contributed by atoms with Gasteiger partial charge >= 0.3 is 0 Å². The fourth-order valence-corrected chi connectivity index (χ4v) is 2.89. The molecule has 1 aromatic carbocycles. The van der Waals surface area contributed by atoms with E-state index in [1.807, 2.05) is 12.3 Å². The van der Waals surface area contributed by atoms with Gasteiger partial charge in [-0.1, -0.05) is 13.0 Å². The van der Waals surface area contributed by atoms with Crippen LogP contribution in [0.4, 0.5) is 5.69 Å². The van der Waals surface area contributed by atoms with Crippen molar-refractivity contribution in [2.75, 3.05) is 5.32 Å². The minimum Gasteiger partial charge on any atom is -0.506 e. The first kappa shape index (κ1) is 17.0. The average molecular weight is 337 g/mol. The Morgan fingerprint density at radius 2 is 2.00 bits per heavy atom. The Hall–Kier alpha value is -2.82. The van der Waals surface area contributed by atoms with Crippen molar-refractivity contribution >= 4 is 17.2 Å². The van der Waals surface area contributed by atoms with Gasteiger partial charge in [0.05, 0.1) is 11.4 Å². The molecule has 1 amide bonds. The van der Waals surface area contributed by atoms with Crippen molar-refractivity contribution in [2.45, 2.75) is 40.0 Å². The van der Waals surface area contributed by atoms with Crippen molar-refractivity contribution in [3.63, 3.8) is 0 Å². The summed E-state index contributed by atoms with van der Waals surface area (Å²) in [6, 6.07) is 9.54. The molecule has 0 fully saturated rings. The lowest BCUT2D eigenvalue weighted by Crippen LogP contribution is -2.09. The van der Waals surface area contributed by atoms with Crippen LogP contribution in [0.1, 0.15) is 35.9 Å². The van der Waals surface area contributed by atoms with Gasteiger partial charge in [0.15, 0.2) is 0 Å². The van der Waals surface area contributed by atoms with Crippen molar-refractivity contribution in [1.82, 2.24) is 9.38 Å². The summed E-state index contributed by atoms with van der Waals surface area (Å²) in [5, 5.41) is 12.8. The normalized spacial score (nSPS) is 11.0. The molecule has 0 aliphatic carbocycles. The van der Waals surface area contributed by atoms with Gasteiger partial charge in [-0.15, -0.1) is 0 Å². The Labute approximate surface area is 147 Å². The first-order valence-corrected chi connectivity index (χ1v) is 8.54. The molecule has 0 saturated heterocycles. The number of carbonyl (C=O) groups is 1. The lowest BCUT2D eigenvalue weighted by molar-refractivity contribution is -0.115. The van der Waals surface area contributed by atoms with Gasteiger partial charge in [0.25, 0.3) is 0 Å². The average Bonchev–Trinajstić information content (AvgIpc) is 2.90. The molecule has 0 aliphatic rings. The van der Waals surface area contributed by atoms with Crippen LogP contribution >= 0.6 is 0 Å². The number of phenols is 1. The van der Waals surface area contributed by atoms with Crippen LogP contribution in [0.3, 0.4) is 0 Å². The summed E-state index contributed by atoms with van der Waals surface area (Å²) in [5.41, 5.74) is 5.83. The fourth-order valence-electron chi connectivity index (χ4n) is 2.89. The molecular weight excluding hydrogens is 314 g/mol. The molecule has 0 spiro atoms. The first-order valence-electron chi connectivity index (χ1n) is 8.54. The highest BCUT2D eigenvalue weighted by molar-refractivity contribution is 5.91. The third-order valence-electron chi connectivity index (χ3n) is 4.43. The molecule has 2 N–H and O–H groups in total. The summed E-state index contributed by atoms with van der Waals surface area (Å²) >= 11 is 0. The largest absolute Gasteiger partial charge is 0.506 e. The number of fused-ring (bicyclic) bond motifs is 1. The van der Waals surface area contributed by atoms with E-state index in [4.69, 9.17) is 4.98 Å². The Bertz CT molecular complexity index is 928. The Morgan fingerprint density at radius 3 is 2.72 bits per heavy atom. The summed E-state index contributed by atoms with van der Waals surface area (Å²) in [6.45, 7) is 5.91. The van der Waals surface area contributed by atoms with Crippen LogP contribution in [-0.2, 0) is 17.6 Å². The number of imidazole rings is 1. The van der Waals surface area contributed by atoms with Gasteiger partial charge in [0.1, 0.15) is 11.4 Å². The monoisotopic (exact) mass is 337 g/mol. The van der Waals surface area contributed by atoms with Crippen molar-refractivity contribution < 1.29 is 9.90 Å². The van der Waals surface area contributed by atoms with Crippen LogP contribution in [-0.4, -0.2) is 20.4 Å². The lowest BCUT2D eigenvalue weighted by atomic mass is 10.1. The summed E-state index contributed by atoms with van der Waals surface area (Å²) in [7, 11) is 0. The molecule has 0 saturated carbocycles.